The highest BCUT2D eigenvalue weighted by molar-refractivity contribution is 6.13. The molecule has 0 aliphatic rings. The topological polar surface area (TPSA) is 82.5 Å². The quantitative estimate of drug-likeness (QED) is 0.644. The van der Waals surface area contributed by atoms with E-state index in [1.807, 2.05) is 0 Å². The number of carbonyl (C=O) groups is 1. The lowest BCUT2D eigenvalue weighted by atomic mass is 10.4. The van der Waals surface area contributed by atoms with Gasteiger partial charge in [-0.05, 0) is 23.9 Å². The standard InChI is InChI=1S/C6H5NO2.C2H6ClNO/c8-6(9)5-3-1-2-4-7-5;3-4-1-2-5/h1-4H,(H,8,9);4-5H,1-2H2. The predicted octanol–water partition coefficient (Wildman–Crippen LogP) is 0.502. The molecule has 6 heteroatoms. The third-order valence-electron chi connectivity index (χ3n) is 1.09. The Hall–Kier alpha value is -1.17. The summed E-state index contributed by atoms with van der Waals surface area (Å²) in [6.07, 6.45) is 1.45. The van der Waals surface area contributed by atoms with Crippen LogP contribution in [-0.2, 0) is 0 Å². The fraction of sp³-hybridized carbons (Fsp3) is 0.250. The van der Waals surface area contributed by atoms with E-state index in [1.54, 1.807) is 12.1 Å². The summed E-state index contributed by atoms with van der Waals surface area (Å²) in [5.74, 6) is -0.990. The Morgan fingerprint density at radius 1 is 1.57 bits per heavy atom. The number of pyridine rings is 1. The number of aromatic carboxylic acids is 1. The molecule has 1 heterocycles. The van der Waals surface area contributed by atoms with Gasteiger partial charge in [0.05, 0.1) is 6.61 Å². The summed E-state index contributed by atoms with van der Waals surface area (Å²) in [6.45, 7) is 0.561. The average molecular weight is 219 g/mol. The Balaban J connectivity index is 0.000000292. The number of carboxylic acid groups (broad SMARTS) is 1. The van der Waals surface area contributed by atoms with Crippen LogP contribution in [0.2, 0.25) is 0 Å². The number of carboxylic acids is 1. The molecule has 0 saturated carbocycles. The summed E-state index contributed by atoms with van der Waals surface area (Å²) in [7, 11) is 0. The van der Waals surface area contributed by atoms with E-state index in [2.05, 4.69) is 9.82 Å². The Morgan fingerprint density at radius 2 is 2.29 bits per heavy atom. The molecular formula is C8H11ClN2O3. The van der Waals surface area contributed by atoms with Crippen molar-refractivity contribution in [2.75, 3.05) is 13.2 Å². The van der Waals surface area contributed by atoms with Crippen LogP contribution in [-0.4, -0.2) is 34.3 Å². The van der Waals surface area contributed by atoms with Crippen LogP contribution in [0.1, 0.15) is 10.5 Å². The molecule has 14 heavy (non-hydrogen) atoms. The number of nitrogens with one attached hydrogen (secondary N) is 1. The lowest BCUT2D eigenvalue weighted by Gasteiger charge is -1.87. The van der Waals surface area contributed by atoms with Crippen molar-refractivity contribution in [3.05, 3.63) is 30.1 Å². The van der Waals surface area contributed by atoms with Gasteiger partial charge in [-0.1, -0.05) is 6.07 Å². The van der Waals surface area contributed by atoms with Gasteiger partial charge >= 0.3 is 5.97 Å². The number of aromatic nitrogens is 1. The molecule has 0 saturated heterocycles. The van der Waals surface area contributed by atoms with Crippen molar-refractivity contribution >= 4 is 17.7 Å². The van der Waals surface area contributed by atoms with Gasteiger partial charge in [0, 0.05) is 12.7 Å². The fourth-order valence-electron chi connectivity index (χ4n) is 0.532. The van der Waals surface area contributed by atoms with Crippen LogP contribution < -0.4 is 4.84 Å². The first kappa shape index (κ1) is 12.8. The highest BCUT2D eigenvalue weighted by Gasteiger charge is 1.98. The third-order valence-corrected chi connectivity index (χ3v) is 1.28. The minimum absolute atomic E-state index is 0.0810. The largest absolute Gasteiger partial charge is 0.477 e. The molecule has 5 nitrogen and oxygen atoms in total. The van der Waals surface area contributed by atoms with E-state index in [0.29, 0.717) is 6.54 Å². The zero-order valence-corrected chi connectivity index (χ0v) is 8.11. The summed E-state index contributed by atoms with van der Waals surface area (Å²) < 4.78 is 0. The summed E-state index contributed by atoms with van der Waals surface area (Å²) in [4.78, 5) is 16.0. The van der Waals surface area contributed by atoms with E-state index in [4.69, 9.17) is 22.0 Å². The molecule has 0 fully saturated rings. The molecule has 0 aliphatic heterocycles. The Kier molecular flexibility index (Phi) is 7.72. The fourth-order valence-corrected chi connectivity index (χ4v) is 0.616. The van der Waals surface area contributed by atoms with Crippen LogP contribution in [0.4, 0.5) is 0 Å². The highest BCUT2D eigenvalue weighted by atomic mass is 35.5. The van der Waals surface area contributed by atoms with Crippen molar-refractivity contribution in [3.63, 3.8) is 0 Å². The van der Waals surface area contributed by atoms with E-state index < -0.39 is 5.97 Å². The number of aliphatic hydroxyl groups excluding tert-OH is 1. The van der Waals surface area contributed by atoms with Crippen molar-refractivity contribution in [2.24, 2.45) is 0 Å². The van der Waals surface area contributed by atoms with E-state index in [-0.39, 0.29) is 12.3 Å². The first-order valence-electron chi connectivity index (χ1n) is 3.81. The van der Waals surface area contributed by atoms with Crippen LogP contribution in [0.15, 0.2) is 24.4 Å². The molecule has 0 radical (unpaired) electrons. The van der Waals surface area contributed by atoms with Gasteiger partial charge in [-0.15, -0.1) is 0 Å². The minimum atomic E-state index is -0.990. The molecule has 0 aromatic carbocycles. The zero-order valence-electron chi connectivity index (χ0n) is 7.35. The summed E-state index contributed by atoms with van der Waals surface area (Å²) in [6, 6.07) is 4.76. The van der Waals surface area contributed by atoms with Crippen molar-refractivity contribution in [3.8, 4) is 0 Å². The van der Waals surface area contributed by atoms with Gasteiger partial charge in [-0.25, -0.2) is 14.6 Å². The lowest BCUT2D eigenvalue weighted by Crippen LogP contribution is -2.04. The molecule has 0 amide bonds. The molecule has 1 aromatic rings. The molecule has 0 atom stereocenters. The van der Waals surface area contributed by atoms with Crippen molar-refractivity contribution in [1.82, 2.24) is 9.82 Å². The molecule has 78 valence electrons. The van der Waals surface area contributed by atoms with Crippen molar-refractivity contribution < 1.29 is 15.0 Å². The minimum Gasteiger partial charge on any atom is -0.477 e. The van der Waals surface area contributed by atoms with Gasteiger partial charge in [0.25, 0.3) is 0 Å². The second kappa shape index (κ2) is 8.43. The number of aliphatic hydroxyl groups is 1. The summed E-state index contributed by atoms with van der Waals surface area (Å²) in [5, 5.41) is 16.2. The van der Waals surface area contributed by atoms with Crippen LogP contribution in [0.3, 0.4) is 0 Å². The number of nitrogens with zero attached hydrogens (tertiary/aromatic N) is 1. The normalized spacial score (nSPS) is 8.71. The van der Waals surface area contributed by atoms with Crippen LogP contribution >= 0.6 is 11.8 Å². The second-order valence-corrected chi connectivity index (χ2v) is 2.39. The van der Waals surface area contributed by atoms with E-state index in [1.165, 1.54) is 12.3 Å². The highest BCUT2D eigenvalue weighted by Crippen LogP contribution is 1.90. The monoisotopic (exact) mass is 218 g/mol. The second-order valence-electron chi connectivity index (χ2n) is 2.13. The van der Waals surface area contributed by atoms with E-state index in [9.17, 15) is 4.79 Å². The smallest absolute Gasteiger partial charge is 0.354 e. The van der Waals surface area contributed by atoms with Gasteiger partial charge in [-0.2, -0.15) is 0 Å². The predicted molar refractivity (Wildman–Crippen MR) is 52.1 cm³/mol. The molecule has 1 rings (SSSR count). The van der Waals surface area contributed by atoms with Gasteiger partial charge in [0.2, 0.25) is 0 Å². The molecule has 0 aliphatic carbocycles. The van der Waals surface area contributed by atoms with Gasteiger partial charge in [0.1, 0.15) is 5.69 Å². The molecular weight excluding hydrogens is 208 g/mol. The van der Waals surface area contributed by atoms with Crippen molar-refractivity contribution in [2.45, 2.75) is 0 Å². The van der Waals surface area contributed by atoms with Gasteiger partial charge < -0.3 is 10.2 Å². The third kappa shape index (κ3) is 6.36. The number of hydrogen-bond acceptors (Lipinski definition) is 4. The zero-order chi connectivity index (χ0) is 10.8. The van der Waals surface area contributed by atoms with Gasteiger partial charge in [0.15, 0.2) is 0 Å². The van der Waals surface area contributed by atoms with Crippen molar-refractivity contribution in [1.29, 1.82) is 0 Å². The molecule has 0 unspecified atom stereocenters. The maximum Gasteiger partial charge on any atom is 0.354 e. The van der Waals surface area contributed by atoms with Gasteiger partial charge in [-0.3, -0.25) is 0 Å². The first-order chi connectivity index (χ1) is 6.72. The average Bonchev–Trinajstić information content (AvgIpc) is 2.21. The number of hydrogen-bond donors (Lipinski definition) is 3. The first-order valence-corrected chi connectivity index (χ1v) is 4.18. The van der Waals surface area contributed by atoms with Crippen LogP contribution in [0, 0.1) is 0 Å². The van der Waals surface area contributed by atoms with E-state index in [0.717, 1.165) is 0 Å². The molecule has 0 spiro atoms. The Bertz CT molecular complexity index is 254. The summed E-state index contributed by atoms with van der Waals surface area (Å²) >= 11 is 4.89. The molecule has 3 N–H and O–H groups in total. The maximum absolute atomic E-state index is 10.1. The lowest BCUT2D eigenvalue weighted by molar-refractivity contribution is 0.0690. The molecule has 1 aromatic heterocycles. The summed E-state index contributed by atoms with van der Waals surface area (Å²) in [5.41, 5.74) is 0.0810. The van der Waals surface area contributed by atoms with E-state index >= 15 is 0 Å². The number of rotatable bonds is 3. The molecule has 0 bridgehead atoms. The Morgan fingerprint density at radius 3 is 2.50 bits per heavy atom. The SMILES string of the molecule is O=C(O)c1ccccn1.OCCNCl. The number of halogens is 1. The maximum atomic E-state index is 10.1. The van der Waals surface area contributed by atoms with Crippen LogP contribution in [0.5, 0.6) is 0 Å². The Labute approximate surface area is 86.5 Å². The van der Waals surface area contributed by atoms with Crippen LogP contribution in [0.25, 0.3) is 0 Å².